The van der Waals surface area contributed by atoms with Gasteiger partial charge in [-0.05, 0) is 12.1 Å². The largest absolute Gasteiger partial charge is 0.448 e. The Morgan fingerprint density at radius 1 is 1.08 bits per heavy atom. The summed E-state index contributed by atoms with van der Waals surface area (Å²) < 4.78 is 38.9. The number of nitrogens with zero attached hydrogens (tertiary/aromatic N) is 6. The Morgan fingerprint density at radius 2 is 1.89 bits per heavy atom. The van der Waals surface area contributed by atoms with E-state index in [1.165, 1.54) is 18.4 Å². The Balaban J connectivity index is 1.43. The lowest BCUT2D eigenvalue weighted by atomic mass is 9.97. The summed E-state index contributed by atoms with van der Waals surface area (Å²) >= 11 is 0. The first-order valence-corrected chi connectivity index (χ1v) is 11.2. The number of hydrogen-bond donors (Lipinski definition) is 1. The molecular formula is C25H23F2N7O2. The van der Waals surface area contributed by atoms with E-state index in [1.807, 2.05) is 20.8 Å². The number of halogens is 2. The van der Waals surface area contributed by atoms with Crippen LogP contribution in [0.15, 0.2) is 53.7 Å². The molecule has 0 unspecified atom stereocenters. The van der Waals surface area contributed by atoms with Crippen molar-refractivity contribution in [2.45, 2.75) is 32.7 Å². The summed E-state index contributed by atoms with van der Waals surface area (Å²) in [6.45, 7) is 5.47. The second kappa shape index (κ2) is 8.67. The predicted molar refractivity (Wildman–Crippen MR) is 127 cm³/mol. The van der Waals surface area contributed by atoms with Gasteiger partial charge in [0.05, 0.1) is 35.5 Å². The molecule has 0 spiro atoms. The van der Waals surface area contributed by atoms with Gasteiger partial charge in [0.25, 0.3) is 5.91 Å². The molecule has 11 heteroatoms. The van der Waals surface area contributed by atoms with Crippen molar-refractivity contribution in [2.24, 2.45) is 7.05 Å². The third-order valence-corrected chi connectivity index (χ3v) is 5.63. The van der Waals surface area contributed by atoms with Crippen LogP contribution in [-0.2, 0) is 19.0 Å². The fourth-order valence-electron chi connectivity index (χ4n) is 3.72. The zero-order valence-corrected chi connectivity index (χ0v) is 20.1. The van der Waals surface area contributed by atoms with Crippen LogP contribution in [0, 0.1) is 11.6 Å². The summed E-state index contributed by atoms with van der Waals surface area (Å²) in [5.41, 5.74) is 1.62. The quantitative estimate of drug-likeness (QED) is 0.393. The molecule has 0 bridgehead atoms. The monoisotopic (exact) mass is 491 g/mol. The Hall–Kier alpha value is -4.41. The van der Waals surface area contributed by atoms with E-state index in [4.69, 9.17) is 4.42 Å². The zero-order valence-electron chi connectivity index (χ0n) is 20.1. The van der Waals surface area contributed by atoms with Crippen LogP contribution in [-0.4, -0.2) is 35.3 Å². The summed E-state index contributed by atoms with van der Waals surface area (Å²) in [7, 11) is 1.77. The van der Waals surface area contributed by atoms with Gasteiger partial charge in [-0.1, -0.05) is 26.8 Å². The predicted octanol–water partition coefficient (Wildman–Crippen LogP) is 4.29. The number of hydrogen-bond acceptors (Lipinski definition) is 6. The molecule has 0 atom stereocenters. The summed E-state index contributed by atoms with van der Waals surface area (Å²) in [6, 6.07) is 4.53. The molecule has 0 saturated carbocycles. The number of aryl methyl sites for hydroxylation is 1. The topological polar surface area (TPSA) is 103 Å². The minimum absolute atomic E-state index is 0.0166. The van der Waals surface area contributed by atoms with Crippen LogP contribution in [0.3, 0.4) is 0 Å². The third-order valence-electron chi connectivity index (χ3n) is 5.63. The lowest BCUT2D eigenvalue weighted by Crippen LogP contribution is -2.24. The van der Waals surface area contributed by atoms with Gasteiger partial charge in [0.1, 0.15) is 6.26 Å². The van der Waals surface area contributed by atoms with Gasteiger partial charge in [-0.2, -0.15) is 10.2 Å². The first kappa shape index (κ1) is 23.3. The summed E-state index contributed by atoms with van der Waals surface area (Å²) in [6.07, 6.45) is 7.89. The molecule has 1 N–H and O–H groups in total. The molecule has 4 heterocycles. The smallest absolute Gasteiger partial charge is 0.273 e. The van der Waals surface area contributed by atoms with E-state index >= 15 is 8.78 Å². The Bertz CT molecular complexity index is 1590. The number of oxazole rings is 1. The van der Waals surface area contributed by atoms with Crippen molar-refractivity contribution in [1.82, 2.24) is 34.7 Å². The average Bonchev–Trinajstić information content (AvgIpc) is 3.59. The molecule has 36 heavy (non-hydrogen) atoms. The van der Waals surface area contributed by atoms with Gasteiger partial charge >= 0.3 is 0 Å². The summed E-state index contributed by atoms with van der Waals surface area (Å²) in [4.78, 5) is 21.2. The molecule has 1 amide bonds. The van der Waals surface area contributed by atoms with Crippen LogP contribution in [0.2, 0.25) is 0 Å². The molecule has 0 fully saturated rings. The molecule has 184 valence electrons. The van der Waals surface area contributed by atoms with E-state index in [2.05, 4.69) is 25.5 Å². The first-order valence-electron chi connectivity index (χ1n) is 11.2. The number of carbonyl (C=O) groups excluding carboxylic acids is 1. The van der Waals surface area contributed by atoms with Crippen molar-refractivity contribution < 1.29 is 18.0 Å². The molecule has 9 nitrogen and oxygen atoms in total. The Kier molecular flexibility index (Phi) is 5.62. The van der Waals surface area contributed by atoms with Crippen LogP contribution in [0.1, 0.15) is 42.7 Å². The van der Waals surface area contributed by atoms with Crippen LogP contribution in [0.5, 0.6) is 0 Å². The van der Waals surface area contributed by atoms with E-state index in [1.54, 1.807) is 47.1 Å². The number of nitrogens with one attached hydrogen (secondary N) is 1. The maximum Gasteiger partial charge on any atom is 0.273 e. The number of benzene rings is 1. The molecular weight excluding hydrogens is 468 g/mol. The van der Waals surface area contributed by atoms with Gasteiger partial charge in [0.2, 0.25) is 0 Å². The molecule has 5 rings (SSSR count). The van der Waals surface area contributed by atoms with Gasteiger partial charge in [0.15, 0.2) is 23.2 Å². The second-order valence-corrected chi connectivity index (χ2v) is 9.41. The van der Waals surface area contributed by atoms with Crippen LogP contribution in [0.25, 0.3) is 28.0 Å². The van der Waals surface area contributed by atoms with Crippen molar-refractivity contribution in [1.29, 1.82) is 0 Å². The molecule has 0 aliphatic carbocycles. The van der Waals surface area contributed by atoms with E-state index < -0.39 is 17.5 Å². The lowest BCUT2D eigenvalue weighted by Gasteiger charge is -2.12. The van der Waals surface area contributed by atoms with Crippen molar-refractivity contribution in [2.75, 3.05) is 0 Å². The molecule has 0 saturated heterocycles. The minimum Gasteiger partial charge on any atom is -0.448 e. The summed E-state index contributed by atoms with van der Waals surface area (Å²) in [5, 5.41) is 10.9. The average molecular weight is 492 g/mol. The maximum absolute atomic E-state index is 15.3. The highest BCUT2D eigenvalue weighted by atomic mass is 19.2. The van der Waals surface area contributed by atoms with Crippen LogP contribution >= 0.6 is 0 Å². The van der Waals surface area contributed by atoms with Crippen LogP contribution < -0.4 is 5.32 Å². The maximum atomic E-state index is 15.3. The summed E-state index contributed by atoms with van der Waals surface area (Å²) in [5.74, 6) is -2.29. The second-order valence-electron chi connectivity index (χ2n) is 9.41. The van der Waals surface area contributed by atoms with Crippen molar-refractivity contribution >= 4 is 11.4 Å². The number of fused-ring (bicyclic) bond motifs is 1. The van der Waals surface area contributed by atoms with Gasteiger partial charge < -0.3 is 9.73 Å². The fourth-order valence-corrected chi connectivity index (χ4v) is 3.72. The Labute approximate surface area is 204 Å². The van der Waals surface area contributed by atoms with Crippen LogP contribution in [0.4, 0.5) is 8.78 Å². The van der Waals surface area contributed by atoms with E-state index in [0.717, 1.165) is 0 Å². The highest BCUT2D eigenvalue weighted by Crippen LogP contribution is 2.30. The number of rotatable bonds is 5. The molecule has 0 aliphatic heterocycles. The van der Waals surface area contributed by atoms with Crippen molar-refractivity contribution in [3.8, 4) is 22.5 Å². The molecule has 0 radical (unpaired) electrons. The molecule has 5 aromatic rings. The van der Waals surface area contributed by atoms with Crippen molar-refractivity contribution in [3.63, 3.8) is 0 Å². The first-order chi connectivity index (χ1) is 17.1. The van der Waals surface area contributed by atoms with Gasteiger partial charge in [-0.15, -0.1) is 0 Å². The zero-order chi connectivity index (χ0) is 25.6. The third kappa shape index (κ3) is 4.23. The number of carbonyl (C=O) groups is 1. The van der Waals surface area contributed by atoms with Gasteiger partial charge in [0, 0.05) is 41.9 Å². The minimum atomic E-state index is -1.07. The van der Waals surface area contributed by atoms with Gasteiger partial charge in [-0.25, -0.2) is 23.3 Å². The Morgan fingerprint density at radius 3 is 2.58 bits per heavy atom. The van der Waals surface area contributed by atoms with Crippen molar-refractivity contribution in [3.05, 3.63) is 78.0 Å². The molecule has 1 aromatic carbocycles. The molecule has 4 aromatic heterocycles. The normalized spacial score (nSPS) is 11.8. The lowest BCUT2D eigenvalue weighted by molar-refractivity contribution is 0.0945. The number of amides is 1. The standard InChI is InChI=1S/C25H23F2N7O2/c1-25(2,3)24-32-18(13-36-24)23(35)28-9-14-5-6-16(21(27)20(14)26)22-19-7-8-29-34(19)12-17(31-22)15-10-30-33(4)11-15/h5-8,10-13H,9H2,1-4H3,(H,28,35). The molecule has 0 aliphatic rings. The number of aromatic nitrogens is 6. The fraction of sp³-hybridized carbons (Fsp3) is 0.240. The highest BCUT2D eigenvalue weighted by molar-refractivity contribution is 5.91. The van der Waals surface area contributed by atoms with E-state index in [0.29, 0.717) is 22.7 Å². The van der Waals surface area contributed by atoms with Gasteiger partial charge in [-0.3, -0.25) is 9.48 Å². The van der Waals surface area contributed by atoms with E-state index in [9.17, 15) is 4.79 Å². The SMILES string of the molecule is Cn1cc(-c2cn3nccc3c(-c3ccc(CNC(=O)c4coc(C(C)(C)C)n4)c(F)c3F)n2)cn1. The highest BCUT2D eigenvalue weighted by Gasteiger charge is 2.23. The van der Waals surface area contributed by atoms with E-state index in [-0.39, 0.29) is 34.5 Å².